The Morgan fingerprint density at radius 1 is 1.22 bits per heavy atom. The largest absolute Gasteiger partial charge is 0.355 e. The molecule has 0 unspecified atom stereocenters. The van der Waals surface area contributed by atoms with Crippen LogP contribution < -0.4 is 11.0 Å². The number of aryl methyl sites for hydroxylation is 1. The lowest BCUT2D eigenvalue weighted by Gasteiger charge is -2.06. The quantitative estimate of drug-likeness (QED) is 0.648. The van der Waals surface area contributed by atoms with E-state index in [0.29, 0.717) is 35.4 Å². The monoisotopic (exact) mass is 372 g/mol. The Morgan fingerprint density at radius 3 is 2.74 bits per heavy atom. The predicted octanol–water partition coefficient (Wildman–Crippen LogP) is 3.19. The second-order valence-corrected chi connectivity index (χ2v) is 6.39. The maximum absolute atomic E-state index is 13.5. The molecule has 0 aliphatic heterocycles. The van der Waals surface area contributed by atoms with Gasteiger partial charge < -0.3 is 5.32 Å². The van der Waals surface area contributed by atoms with Gasteiger partial charge in [-0.1, -0.05) is 25.5 Å². The lowest BCUT2D eigenvalue weighted by Crippen LogP contribution is -2.33. The van der Waals surface area contributed by atoms with Crippen molar-refractivity contribution in [2.24, 2.45) is 0 Å². The number of halogens is 1. The van der Waals surface area contributed by atoms with E-state index in [1.165, 1.54) is 16.7 Å². The van der Waals surface area contributed by atoms with Gasteiger partial charge in [0.05, 0.1) is 5.52 Å². The van der Waals surface area contributed by atoms with Gasteiger partial charge in [-0.15, -0.1) is 0 Å². The van der Waals surface area contributed by atoms with Crippen molar-refractivity contribution >= 4 is 17.1 Å². The Hall–Kier alpha value is -2.96. The number of hydrogen-bond acceptors (Lipinski definition) is 3. The topological polar surface area (TPSA) is 68.9 Å². The first-order valence-electron chi connectivity index (χ1n) is 9.16. The molecule has 2 aromatic heterocycles. The van der Waals surface area contributed by atoms with Gasteiger partial charge in [0, 0.05) is 26.3 Å². The maximum Gasteiger partial charge on any atom is 0.330 e. The highest BCUT2D eigenvalue weighted by Gasteiger charge is 2.16. The van der Waals surface area contributed by atoms with E-state index in [1.807, 2.05) is 19.9 Å². The number of benzene rings is 1. The Balaban J connectivity index is 0.00000280. The van der Waals surface area contributed by atoms with Crippen LogP contribution in [0.2, 0.25) is 0 Å². The molecule has 144 valence electrons. The number of unbranched alkanes of at least 4 members (excludes halogenated alkanes) is 1. The molecular weight excluding hydrogens is 347 g/mol. The molecule has 0 spiro atoms. The minimum Gasteiger partial charge on any atom is -0.355 e. The molecule has 1 aromatic carbocycles. The van der Waals surface area contributed by atoms with Crippen molar-refractivity contribution in [2.45, 2.75) is 39.8 Å². The number of fused-ring (bicyclic) bond motifs is 1. The van der Waals surface area contributed by atoms with Gasteiger partial charge in [0.2, 0.25) is 5.91 Å². The molecule has 0 bridgehead atoms. The molecule has 27 heavy (non-hydrogen) atoms. The van der Waals surface area contributed by atoms with E-state index in [0.717, 1.165) is 12.8 Å². The van der Waals surface area contributed by atoms with Crippen molar-refractivity contribution in [3.05, 3.63) is 52.8 Å². The zero-order valence-corrected chi connectivity index (χ0v) is 15.5. The van der Waals surface area contributed by atoms with Gasteiger partial charge in [-0.3, -0.25) is 13.9 Å². The Labute approximate surface area is 158 Å². The number of aromatic nitrogens is 3. The number of imidazole rings is 1. The summed E-state index contributed by atoms with van der Waals surface area (Å²) < 4.78 is 16.5. The Morgan fingerprint density at radius 2 is 2.04 bits per heavy atom. The van der Waals surface area contributed by atoms with Crippen LogP contribution in [-0.2, 0) is 17.9 Å². The van der Waals surface area contributed by atoms with Crippen LogP contribution >= 0.6 is 0 Å². The number of nitrogens with zero attached hydrogens (tertiary/aromatic N) is 3. The minimum absolute atomic E-state index is 0. The van der Waals surface area contributed by atoms with Gasteiger partial charge >= 0.3 is 5.69 Å². The highest BCUT2D eigenvalue weighted by molar-refractivity contribution is 5.81. The third-order valence-electron chi connectivity index (χ3n) is 4.48. The molecule has 0 fully saturated rings. The summed E-state index contributed by atoms with van der Waals surface area (Å²) in [5.41, 5.74) is 2.21. The molecule has 6 nitrogen and oxygen atoms in total. The summed E-state index contributed by atoms with van der Waals surface area (Å²) in [7, 11) is 0. The fourth-order valence-corrected chi connectivity index (χ4v) is 3.07. The number of pyridine rings is 1. The van der Waals surface area contributed by atoms with Crippen LogP contribution in [0.15, 0.2) is 41.3 Å². The smallest absolute Gasteiger partial charge is 0.330 e. The third kappa shape index (κ3) is 3.92. The lowest BCUT2D eigenvalue weighted by atomic mass is 10.1. The molecule has 1 amide bonds. The summed E-state index contributed by atoms with van der Waals surface area (Å²) in [6.07, 6.45) is 3.48. The summed E-state index contributed by atoms with van der Waals surface area (Å²) in [4.78, 5) is 29.3. The summed E-state index contributed by atoms with van der Waals surface area (Å²) in [5, 5.41) is 2.82. The van der Waals surface area contributed by atoms with Crippen molar-refractivity contribution in [2.75, 3.05) is 6.54 Å². The fraction of sp³-hybridized carbons (Fsp3) is 0.350. The zero-order chi connectivity index (χ0) is 19.4. The van der Waals surface area contributed by atoms with Crippen molar-refractivity contribution < 1.29 is 10.6 Å². The molecule has 3 aromatic rings. The van der Waals surface area contributed by atoms with E-state index in [9.17, 15) is 14.0 Å². The van der Waals surface area contributed by atoms with Crippen LogP contribution in [0.5, 0.6) is 0 Å². The maximum atomic E-state index is 13.5. The molecule has 0 radical (unpaired) electrons. The van der Waals surface area contributed by atoms with Crippen molar-refractivity contribution in [3.8, 4) is 11.1 Å². The molecule has 0 aliphatic carbocycles. The van der Waals surface area contributed by atoms with Gasteiger partial charge in [0.15, 0.2) is 5.65 Å². The highest BCUT2D eigenvalue weighted by Crippen LogP contribution is 2.23. The second-order valence-electron chi connectivity index (χ2n) is 6.39. The van der Waals surface area contributed by atoms with Gasteiger partial charge in [-0.05, 0) is 37.1 Å². The molecule has 3 rings (SSSR count). The lowest BCUT2D eigenvalue weighted by molar-refractivity contribution is -0.121. The first-order chi connectivity index (χ1) is 13.0. The van der Waals surface area contributed by atoms with Crippen LogP contribution in [0.1, 0.15) is 28.1 Å². The first kappa shape index (κ1) is 18.8. The number of rotatable bonds is 7. The van der Waals surface area contributed by atoms with Crippen LogP contribution in [0, 0.1) is 5.82 Å². The van der Waals surface area contributed by atoms with E-state index in [4.69, 9.17) is 0 Å². The third-order valence-corrected chi connectivity index (χ3v) is 4.48. The first-order valence-corrected chi connectivity index (χ1v) is 9.16. The van der Waals surface area contributed by atoms with Gasteiger partial charge in [-0.2, -0.15) is 0 Å². The Kier molecular flexibility index (Phi) is 5.69. The van der Waals surface area contributed by atoms with Crippen LogP contribution in [0.25, 0.3) is 22.3 Å². The molecule has 0 saturated carbocycles. The molecule has 7 heteroatoms. The number of carbonyl (C=O) groups is 1. The normalized spacial score (nSPS) is 11.1. The molecule has 0 atom stereocenters. The number of nitrogens with one attached hydrogen (secondary N) is 1. The van der Waals surface area contributed by atoms with E-state index in [1.54, 1.807) is 22.9 Å². The predicted molar refractivity (Wildman–Crippen MR) is 105 cm³/mol. The number of hydrogen-bond donors (Lipinski definition) is 1. The summed E-state index contributed by atoms with van der Waals surface area (Å²) in [5.74, 6) is -0.543. The van der Waals surface area contributed by atoms with Crippen molar-refractivity contribution in [1.82, 2.24) is 19.4 Å². The summed E-state index contributed by atoms with van der Waals surface area (Å²) >= 11 is 0. The average molecular weight is 372 g/mol. The van der Waals surface area contributed by atoms with Crippen LogP contribution in [0.3, 0.4) is 0 Å². The molecule has 1 N–H and O–H groups in total. The standard InChI is InChI=1S/C20H23FN4O2.H2/c1-3-5-9-22-18(26)13-25-19-17(24(4-2)20(25)27)11-15(12-23-19)14-7-6-8-16(21)10-14;/h6-8,10-12H,3-5,9,13H2,1-2H3,(H,22,26);1H. The zero-order valence-electron chi connectivity index (χ0n) is 15.5. The van der Waals surface area contributed by atoms with Crippen LogP contribution in [-0.4, -0.2) is 26.6 Å². The molecule has 2 heterocycles. The Bertz CT molecular complexity index is 1030. The summed E-state index contributed by atoms with van der Waals surface area (Å²) in [6.45, 7) is 4.88. The molecular formula is C20H25FN4O2. The van der Waals surface area contributed by atoms with Crippen molar-refractivity contribution in [3.63, 3.8) is 0 Å². The number of carbonyl (C=O) groups excluding carboxylic acids is 1. The average Bonchev–Trinajstić information content (AvgIpc) is 2.92. The molecule has 0 saturated heterocycles. The van der Waals surface area contributed by atoms with Crippen molar-refractivity contribution in [1.29, 1.82) is 0 Å². The van der Waals surface area contributed by atoms with Gasteiger partial charge in [-0.25, -0.2) is 14.2 Å². The fourth-order valence-electron chi connectivity index (χ4n) is 3.07. The van der Waals surface area contributed by atoms with Gasteiger partial charge in [0.1, 0.15) is 12.4 Å². The van der Waals surface area contributed by atoms with E-state index in [-0.39, 0.29) is 25.4 Å². The van der Waals surface area contributed by atoms with Crippen LogP contribution in [0.4, 0.5) is 4.39 Å². The van der Waals surface area contributed by atoms with E-state index < -0.39 is 0 Å². The van der Waals surface area contributed by atoms with Gasteiger partial charge in [0.25, 0.3) is 0 Å². The minimum atomic E-state index is -0.332. The highest BCUT2D eigenvalue weighted by atomic mass is 19.1. The summed E-state index contributed by atoms with van der Waals surface area (Å²) in [6, 6.07) is 8.04. The SMILES string of the molecule is CCCCNC(=O)Cn1c(=O)n(CC)c2cc(-c3cccc(F)c3)cnc21.[HH]. The second kappa shape index (κ2) is 8.16. The number of amides is 1. The van der Waals surface area contributed by atoms with E-state index in [2.05, 4.69) is 10.3 Å². The van der Waals surface area contributed by atoms with E-state index >= 15 is 0 Å². The molecule has 0 aliphatic rings.